The standard InChI is InChI=1S/C18H25N3O3/c1-3-4-8-14(19)18-21-15(12-24-18)17(22)20-11-10-13-7-5-6-9-16(13)23-2/h5-7,9,12,14H,3-4,8,10-11,19H2,1-2H3,(H,20,22). The normalized spacial score (nSPS) is 12.0. The van der Waals surface area contributed by atoms with Crippen LogP contribution in [0, 0.1) is 0 Å². The van der Waals surface area contributed by atoms with Gasteiger partial charge in [0.2, 0.25) is 5.89 Å². The van der Waals surface area contributed by atoms with Gasteiger partial charge in [0.1, 0.15) is 12.0 Å². The molecule has 1 atom stereocenters. The van der Waals surface area contributed by atoms with Crippen molar-refractivity contribution in [1.29, 1.82) is 0 Å². The summed E-state index contributed by atoms with van der Waals surface area (Å²) in [6.45, 7) is 2.59. The van der Waals surface area contributed by atoms with Crippen LogP contribution < -0.4 is 15.8 Å². The smallest absolute Gasteiger partial charge is 0.273 e. The van der Waals surface area contributed by atoms with Gasteiger partial charge in [0, 0.05) is 6.54 Å². The molecule has 0 radical (unpaired) electrons. The molecule has 1 aromatic carbocycles. The van der Waals surface area contributed by atoms with Crippen LogP contribution in [0.2, 0.25) is 0 Å². The summed E-state index contributed by atoms with van der Waals surface area (Å²) in [5.74, 6) is 0.971. The molecule has 0 saturated heterocycles. The maximum Gasteiger partial charge on any atom is 0.273 e. The van der Waals surface area contributed by atoms with Gasteiger partial charge < -0.3 is 20.2 Å². The van der Waals surface area contributed by atoms with E-state index in [0.717, 1.165) is 30.6 Å². The summed E-state index contributed by atoms with van der Waals surface area (Å²) in [4.78, 5) is 16.3. The van der Waals surface area contributed by atoms with E-state index in [1.807, 2.05) is 24.3 Å². The minimum absolute atomic E-state index is 0.261. The van der Waals surface area contributed by atoms with E-state index in [0.29, 0.717) is 18.9 Å². The summed E-state index contributed by atoms with van der Waals surface area (Å²) < 4.78 is 10.6. The third-order valence-corrected chi connectivity index (χ3v) is 3.81. The van der Waals surface area contributed by atoms with Gasteiger partial charge in [-0.05, 0) is 24.5 Å². The molecular formula is C18H25N3O3. The lowest BCUT2D eigenvalue weighted by atomic mass is 10.1. The Hall–Kier alpha value is -2.34. The highest BCUT2D eigenvalue weighted by molar-refractivity contribution is 5.91. The van der Waals surface area contributed by atoms with Crippen molar-refractivity contribution in [2.24, 2.45) is 5.73 Å². The lowest BCUT2D eigenvalue weighted by molar-refractivity contribution is 0.0949. The van der Waals surface area contributed by atoms with Crippen molar-refractivity contribution < 1.29 is 13.9 Å². The molecule has 3 N–H and O–H groups in total. The highest BCUT2D eigenvalue weighted by Gasteiger charge is 2.16. The minimum Gasteiger partial charge on any atom is -0.496 e. The van der Waals surface area contributed by atoms with Crippen LogP contribution >= 0.6 is 0 Å². The number of hydrogen-bond acceptors (Lipinski definition) is 5. The predicted octanol–water partition coefficient (Wildman–Crippen LogP) is 2.85. The van der Waals surface area contributed by atoms with Crippen molar-refractivity contribution in [3.05, 3.63) is 47.7 Å². The van der Waals surface area contributed by atoms with Crippen molar-refractivity contribution >= 4 is 5.91 Å². The summed E-state index contributed by atoms with van der Waals surface area (Å²) in [6, 6.07) is 7.48. The van der Waals surface area contributed by atoms with E-state index in [2.05, 4.69) is 17.2 Å². The lowest BCUT2D eigenvalue weighted by Gasteiger charge is -2.08. The topological polar surface area (TPSA) is 90.4 Å². The number of nitrogens with zero attached hydrogens (tertiary/aromatic N) is 1. The van der Waals surface area contributed by atoms with Crippen molar-refractivity contribution in [2.45, 2.75) is 38.6 Å². The fourth-order valence-corrected chi connectivity index (χ4v) is 2.42. The van der Waals surface area contributed by atoms with Crippen LogP contribution in [0.1, 0.15) is 54.2 Å². The number of carbonyl (C=O) groups is 1. The van der Waals surface area contributed by atoms with Gasteiger partial charge in [-0.25, -0.2) is 4.98 Å². The summed E-state index contributed by atoms with van der Waals surface area (Å²) in [7, 11) is 1.64. The van der Waals surface area contributed by atoms with Crippen LogP contribution in [-0.4, -0.2) is 24.5 Å². The highest BCUT2D eigenvalue weighted by Crippen LogP contribution is 2.18. The first-order chi connectivity index (χ1) is 11.7. The molecule has 6 nitrogen and oxygen atoms in total. The number of benzene rings is 1. The van der Waals surface area contributed by atoms with Crippen LogP contribution in [0.3, 0.4) is 0 Å². The van der Waals surface area contributed by atoms with E-state index in [4.69, 9.17) is 14.9 Å². The minimum atomic E-state index is -0.264. The van der Waals surface area contributed by atoms with Crippen molar-refractivity contribution in [3.63, 3.8) is 0 Å². The molecule has 0 bridgehead atoms. The Bertz CT molecular complexity index is 654. The average molecular weight is 331 g/mol. The first-order valence-corrected chi connectivity index (χ1v) is 8.26. The molecule has 0 aliphatic carbocycles. The molecule has 0 aliphatic rings. The van der Waals surface area contributed by atoms with Gasteiger partial charge in [-0.2, -0.15) is 0 Å². The number of ether oxygens (including phenoxy) is 1. The molecule has 0 aliphatic heterocycles. The second-order valence-corrected chi connectivity index (χ2v) is 5.64. The maximum atomic E-state index is 12.1. The second kappa shape index (κ2) is 9.08. The van der Waals surface area contributed by atoms with E-state index in [9.17, 15) is 4.79 Å². The highest BCUT2D eigenvalue weighted by atomic mass is 16.5. The number of carbonyl (C=O) groups excluding carboxylic acids is 1. The molecule has 1 aromatic heterocycles. The van der Waals surface area contributed by atoms with Gasteiger partial charge >= 0.3 is 0 Å². The van der Waals surface area contributed by atoms with Gasteiger partial charge in [-0.1, -0.05) is 38.0 Å². The summed E-state index contributed by atoms with van der Waals surface area (Å²) in [5.41, 5.74) is 7.31. The number of nitrogens with two attached hydrogens (primary N) is 1. The number of hydrogen-bond donors (Lipinski definition) is 2. The van der Waals surface area contributed by atoms with Crippen LogP contribution in [0.4, 0.5) is 0 Å². The zero-order chi connectivity index (χ0) is 17.4. The fraction of sp³-hybridized carbons (Fsp3) is 0.444. The molecule has 130 valence electrons. The number of rotatable bonds is 9. The number of nitrogens with one attached hydrogen (secondary N) is 1. The van der Waals surface area contributed by atoms with Crippen LogP contribution in [0.5, 0.6) is 5.75 Å². The lowest BCUT2D eigenvalue weighted by Crippen LogP contribution is -2.26. The summed E-state index contributed by atoms with van der Waals surface area (Å²) in [6.07, 6.45) is 4.90. The van der Waals surface area contributed by atoms with Gasteiger partial charge in [0.15, 0.2) is 5.69 Å². The predicted molar refractivity (Wildman–Crippen MR) is 92.0 cm³/mol. The zero-order valence-corrected chi connectivity index (χ0v) is 14.2. The first kappa shape index (κ1) is 18.0. The van der Waals surface area contributed by atoms with Crippen LogP contribution in [-0.2, 0) is 6.42 Å². The number of methoxy groups -OCH3 is 1. The molecule has 1 amide bonds. The van der Waals surface area contributed by atoms with Gasteiger partial charge in [-0.3, -0.25) is 4.79 Å². The zero-order valence-electron chi connectivity index (χ0n) is 14.2. The Morgan fingerprint density at radius 2 is 2.21 bits per heavy atom. The van der Waals surface area contributed by atoms with E-state index in [-0.39, 0.29) is 17.6 Å². The largest absolute Gasteiger partial charge is 0.496 e. The van der Waals surface area contributed by atoms with Gasteiger partial charge in [-0.15, -0.1) is 0 Å². The molecule has 24 heavy (non-hydrogen) atoms. The molecule has 6 heteroatoms. The Labute approximate surface area is 142 Å². The Kier molecular flexibility index (Phi) is 6.81. The second-order valence-electron chi connectivity index (χ2n) is 5.64. The Morgan fingerprint density at radius 3 is 2.96 bits per heavy atom. The maximum absolute atomic E-state index is 12.1. The van der Waals surface area contributed by atoms with Crippen molar-refractivity contribution in [1.82, 2.24) is 10.3 Å². The number of unbranched alkanes of at least 4 members (excludes halogenated alkanes) is 1. The van der Waals surface area contributed by atoms with Crippen molar-refractivity contribution in [3.8, 4) is 5.75 Å². The number of para-hydroxylation sites is 1. The third kappa shape index (κ3) is 4.83. The average Bonchev–Trinajstić information content (AvgIpc) is 3.10. The molecule has 2 aromatic rings. The molecule has 0 spiro atoms. The van der Waals surface area contributed by atoms with E-state index >= 15 is 0 Å². The first-order valence-electron chi connectivity index (χ1n) is 8.26. The quantitative estimate of drug-likeness (QED) is 0.737. The Morgan fingerprint density at radius 1 is 1.42 bits per heavy atom. The van der Waals surface area contributed by atoms with Crippen molar-refractivity contribution in [2.75, 3.05) is 13.7 Å². The summed E-state index contributed by atoms with van der Waals surface area (Å²) in [5, 5.41) is 2.84. The summed E-state index contributed by atoms with van der Waals surface area (Å²) >= 11 is 0. The molecule has 1 unspecified atom stereocenters. The molecule has 1 heterocycles. The van der Waals surface area contributed by atoms with E-state index in [1.165, 1.54) is 6.26 Å². The fourth-order valence-electron chi connectivity index (χ4n) is 2.42. The Balaban J connectivity index is 1.85. The van der Waals surface area contributed by atoms with Crippen LogP contribution in [0.25, 0.3) is 0 Å². The molecular weight excluding hydrogens is 306 g/mol. The molecule has 2 rings (SSSR count). The van der Waals surface area contributed by atoms with Crippen LogP contribution in [0.15, 0.2) is 34.9 Å². The van der Waals surface area contributed by atoms with Gasteiger partial charge in [0.05, 0.1) is 13.2 Å². The molecule has 0 saturated carbocycles. The molecule has 0 fully saturated rings. The number of oxazole rings is 1. The van der Waals surface area contributed by atoms with E-state index < -0.39 is 0 Å². The number of amides is 1. The SMILES string of the molecule is CCCCC(N)c1nc(C(=O)NCCc2ccccc2OC)co1. The third-order valence-electron chi connectivity index (χ3n) is 3.81. The monoisotopic (exact) mass is 331 g/mol. The van der Waals surface area contributed by atoms with Gasteiger partial charge in [0.25, 0.3) is 5.91 Å². The number of aromatic nitrogens is 1. The van der Waals surface area contributed by atoms with E-state index in [1.54, 1.807) is 7.11 Å².